The Morgan fingerprint density at radius 2 is 1.62 bits per heavy atom. The standard InChI is InChI=1S/C28H27FN8O2S/c1-33-9-11-34(12-10-33)25-19(29)17-18-23(38)22(27-37(24(18)32-25)20-5-2-3-6-21(20)40-27)26(39)35-13-15-36(16-14-35)28-30-7-4-8-31-28/h2-8,17H,9-16H2,1H3. The molecule has 12 heteroatoms. The van der Waals surface area contributed by atoms with Gasteiger partial charge in [-0.1, -0.05) is 12.1 Å². The maximum absolute atomic E-state index is 15.5. The minimum Gasteiger partial charge on any atom is -0.352 e. The first kappa shape index (κ1) is 24.9. The quantitative estimate of drug-likeness (QED) is 0.334. The number of carbonyl (C=O) groups is 1. The number of carbonyl (C=O) groups excluding carboxylic acids is 1. The number of amides is 1. The third kappa shape index (κ3) is 4.06. The topological polar surface area (TPSA) is 90.2 Å². The molecule has 10 nitrogen and oxygen atoms in total. The summed E-state index contributed by atoms with van der Waals surface area (Å²) in [5, 5.41) is 0.108. The fourth-order valence-electron chi connectivity index (χ4n) is 5.55. The Morgan fingerprint density at radius 1 is 0.925 bits per heavy atom. The van der Waals surface area contributed by atoms with Gasteiger partial charge in [0.25, 0.3) is 5.91 Å². The molecule has 204 valence electrons. The number of aromatic nitrogens is 4. The molecule has 2 aliphatic heterocycles. The molecule has 7 rings (SSSR count). The van der Waals surface area contributed by atoms with E-state index in [0.717, 1.165) is 23.3 Å². The molecule has 1 aromatic carbocycles. The third-order valence-electron chi connectivity index (χ3n) is 7.77. The van der Waals surface area contributed by atoms with Crippen molar-refractivity contribution in [2.75, 3.05) is 69.2 Å². The van der Waals surface area contributed by atoms with Gasteiger partial charge in [0.2, 0.25) is 11.4 Å². The summed E-state index contributed by atoms with van der Waals surface area (Å²) in [7, 11) is 2.04. The average molecular weight is 559 g/mol. The zero-order valence-electron chi connectivity index (χ0n) is 22.0. The van der Waals surface area contributed by atoms with Crippen molar-refractivity contribution in [2.45, 2.75) is 0 Å². The van der Waals surface area contributed by atoms with E-state index in [1.165, 1.54) is 17.4 Å². The van der Waals surface area contributed by atoms with Crippen molar-refractivity contribution in [1.29, 1.82) is 0 Å². The van der Waals surface area contributed by atoms with Crippen LogP contribution in [0.1, 0.15) is 10.4 Å². The molecule has 2 saturated heterocycles. The molecule has 2 fully saturated rings. The summed E-state index contributed by atoms with van der Waals surface area (Å²) in [5.74, 6) is -0.0518. The molecule has 2 aliphatic rings. The van der Waals surface area contributed by atoms with Gasteiger partial charge in [0.1, 0.15) is 10.4 Å². The Morgan fingerprint density at radius 3 is 2.38 bits per heavy atom. The first-order chi connectivity index (χ1) is 19.5. The van der Waals surface area contributed by atoms with Gasteiger partial charge in [0.05, 0.1) is 15.6 Å². The number of nitrogens with zero attached hydrogens (tertiary/aromatic N) is 8. The van der Waals surface area contributed by atoms with E-state index < -0.39 is 11.2 Å². The summed E-state index contributed by atoms with van der Waals surface area (Å²) in [6.45, 7) is 4.81. The lowest BCUT2D eigenvalue weighted by atomic mass is 10.1. The lowest BCUT2D eigenvalue weighted by molar-refractivity contribution is 0.0747. The zero-order chi connectivity index (χ0) is 27.4. The van der Waals surface area contributed by atoms with E-state index >= 15 is 4.39 Å². The molecular formula is C28H27FN8O2S. The number of anilines is 2. The summed E-state index contributed by atoms with van der Waals surface area (Å²) in [6, 6.07) is 10.8. The molecule has 0 N–H and O–H groups in total. The monoisotopic (exact) mass is 558 g/mol. The van der Waals surface area contributed by atoms with Gasteiger partial charge >= 0.3 is 0 Å². The predicted octanol–water partition coefficient (Wildman–Crippen LogP) is 2.71. The van der Waals surface area contributed by atoms with E-state index in [0.29, 0.717) is 55.7 Å². The second-order valence-corrected chi connectivity index (χ2v) is 11.2. The molecule has 4 aromatic heterocycles. The molecule has 0 atom stereocenters. The summed E-state index contributed by atoms with van der Waals surface area (Å²) < 4.78 is 18.3. The van der Waals surface area contributed by atoms with Crippen LogP contribution in [-0.2, 0) is 0 Å². The van der Waals surface area contributed by atoms with Crippen LogP contribution in [0.2, 0.25) is 0 Å². The number of halogens is 1. The number of benzene rings is 1. The Kier molecular flexibility index (Phi) is 6.08. The Hall–Kier alpha value is -4.16. The number of piperazine rings is 2. The highest BCUT2D eigenvalue weighted by Crippen LogP contribution is 2.33. The number of fused-ring (bicyclic) bond motifs is 5. The zero-order valence-corrected chi connectivity index (χ0v) is 22.8. The van der Waals surface area contributed by atoms with Gasteiger partial charge in [0, 0.05) is 64.8 Å². The lowest BCUT2D eigenvalue weighted by Gasteiger charge is -2.34. The van der Waals surface area contributed by atoms with Crippen molar-refractivity contribution in [3.8, 4) is 0 Å². The van der Waals surface area contributed by atoms with Gasteiger partial charge in [0.15, 0.2) is 17.3 Å². The number of thiazole rings is 1. The highest BCUT2D eigenvalue weighted by molar-refractivity contribution is 7.24. The molecule has 0 aliphatic carbocycles. The van der Waals surface area contributed by atoms with E-state index in [1.807, 2.05) is 45.5 Å². The number of para-hydroxylation sites is 1. The SMILES string of the molecule is CN1CCN(c2nc3c(cc2F)c(=O)c(C(=O)N2CCN(c4ncccn4)CC2)c2sc4ccccc4n23)CC1. The van der Waals surface area contributed by atoms with E-state index in [1.54, 1.807) is 23.4 Å². The van der Waals surface area contributed by atoms with Crippen molar-refractivity contribution >= 4 is 55.1 Å². The number of rotatable bonds is 3. The lowest BCUT2D eigenvalue weighted by Crippen LogP contribution is -2.50. The smallest absolute Gasteiger partial charge is 0.260 e. The van der Waals surface area contributed by atoms with Crippen molar-refractivity contribution in [2.24, 2.45) is 0 Å². The van der Waals surface area contributed by atoms with Crippen LogP contribution in [0, 0.1) is 5.82 Å². The largest absolute Gasteiger partial charge is 0.352 e. The normalized spacial score (nSPS) is 16.9. The number of pyridine rings is 2. The molecule has 0 saturated carbocycles. The molecule has 0 spiro atoms. The first-order valence-corrected chi connectivity index (χ1v) is 14.1. The number of likely N-dealkylation sites (N-methyl/N-ethyl adjacent to an activating group) is 1. The Bertz CT molecular complexity index is 1810. The van der Waals surface area contributed by atoms with E-state index in [9.17, 15) is 9.59 Å². The average Bonchev–Trinajstić information content (AvgIpc) is 3.37. The van der Waals surface area contributed by atoms with Crippen molar-refractivity contribution in [3.63, 3.8) is 0 Å². The van der Waals surface area contributed by atoms with Crippen LogP contribution in [0.15, 0.2) is 53.6 Å². The minimum absolute atomic E-state index is 0.0617. The van der Waals surface area contributed by atoms with Crippen LogP contribution in [0.3, 0.4) is 0 Å². The third-order valence-corrected chi connectivity index (χ3v) is 8.91. The van der Waals surface area contributed by atoms with Crippen LogP contribution in [-0.4, -0.2) is 94.5 Å². The summed E-state index contributed by atoms with van der Waals surface area (Å²) in [5.41, 5.74) is 0.773. The Labute approximate surface area is 232 Å². The van der Waals surface area contributed by atoms with E-state index in [4.69, 9.17) is 4.98 Å². The van der Waals surface area contributed by atoms with Gasteiger partial charge in [-0.05, 0) is 31.3 Å². The van der Waals surface area contributed by atoms with Crippen molar-refractivity contribution in [1.82, 2.24) is 29.2 Å². The second-order valence-electron chi connectivity index (χ2n) is 10.2. The molecule has 40 heavy (non-hydrogen) atoms. The fraction of sp³-hybridized carbons (Fsp3) is 0.321. The summed E-state index contributed by atoms with van der Waals surface area (Å²) >= 11 is 1.38. The molecule has 5 aromatic rings. The highest BCUT2D eigenvalue weighted by Gasteiger charge is 2.30. The van der Waals surface area contributed by atoms with Crippen LogP contribution in [0.4, 0.5) is 16.2 Å². The maximum atomic E-state index is 15.5. The first-order valence-electron chi connectivity index (χ1n) is 13.3. The number of hydrogen-bond acceptors (Lipinski definition) is 9. The van der Waals surface area contributed by atoms with Gasteiger partial charge in [-0.15, -0.1) is 11.3 Å². The maximum Gasteiger partial charge on any atom is 0.260 e. The highest BCUT2D eigenvalue weighted by atomic mass is 32.1. The van der Waals surface area contributed by atoms with Crippen molar-refractivity contribution in [3.05, 3.63) is 70.4 Å². The second kappa shape index (κ2) is 9.79. The fourth-order valence-corrected chi connectivity index (χ4v) is 6.73. The number of hydrogen-bond donors (Lipinski definition) is 0. The van der Waals surface area contributed by atoms with Gasteiger partial charge in [-0.3, -0.25) is 14.0 Å². The van der Waals surface area contributed by atoms with E-state index in [2.05, 4.69) is 14.9 Å². The molecular weight excluding hydrogens is 531 g/mol. The van der Waals surface area contributed by atoms with Crippen molar-refractivity contribution < 1.29 is 9.18 Å². The molecule has 0 unspecified atom stereocenters. The molecule has 1 amide bonds. The minimum atomic E-state index is -0.552. The van der Waals surface area contributed by atoms with Crippen LogP contribution in [0.25, 0.3) is 26.1 Å². The van der Waals surface area contributed by atoms with E-state index in [-0.39, 0.29) is 22.7 Å². The molecule has 0 radical (unpaired) electrons. The van der Waals surface area contributed by atoms with Crippen LogP contribution >= 0.6 is 11.3 Å². The van der Waals surface area contributed by atoms with Gasteiger partial charge < -0.3 is 19.6 Å². The molecule has 0 bridgehead atoms. The summed E-state index contributed by atoms with van der Waals surface area (Å²) in [4.78, 5) is 49.6. The van der Waals surface area contributed by atoms with Gasteiger partial charge in [-0.2, -0.15) is 0 Å². The predicted molar refractivity (Wildman–Crippen MR) is 154 cm³/mol. The Balaban J connectivity index is 1.34. The molecule has 6 heterocycles. The van der Waals surface area contributed by atoms with Crippen LogP contribution in [0.5, 0.6) is 0 Å². The van der Waals surface area contributed by atoms with Gasteiger partial charge in [-0.25, -0.2) is 19.3 Å². The summed E-state index contributed by atoms with van der Waals surface area (Å²) in [6.07, 6.45) is 3.38. The van der Waals surface area contributed by atoms with Crippen LogP contribution < -0.4 is 15.2 Å².